The van der Waals surface area contributed by atoms with Gasteiger partial charge >= 0.3 is 5.97 Å². The normalized spacial score (nSPS) is 23.0. The van der Waals surface area contributed by atoms with Crippen LogP contribution in [0.15, 0.2) is 48.1 Å². The summed E-state index contributed by atoms with van der Waals surface area (Å²) in [6, 6.07) is 8.70. The monoisotopic (exact) mass is 327 g/mol. The van der Waals surface area contributed by atoms with Gasteiger partial charge in [0.05, 0.1) is 7.11 Å². The van der Waals surface area contributed by atoms with Crippen molar-refractivity contribution in [3.63, 3.8) is 0 Å². The lowest BCUT2D eigenvalue weighted by Gasteiger charge is -2.25. The molecule has 1 aliphatic heterocycles. The van der Waals surface area contributed by atoms with Gasteiger partial charge in [-0.15, -0.1) is 0 Å². The summed E-state index contributed by atoms with van der Waals surface area (Å²) in [5, 5.41) is 8.97. The van der Waals surface area contributed by atoms with Crippen molar-refractivity contribution in [3.05, 3.63) is 53.6 Å². The quantitative estimate of drug-likeness (QED) is 0.835. The largest absolute Gasteiger partial charge is 0.497 e. The van der Waals surface area contributed by atoms with Crippen LogP contribution in [0.4, 0.5) is 0 Å². The van der Waals surface area contributed by atoms with Crippen LogP contribution in [0, 0.1) is 5.92 Å². The first-order valence-corrected chi connectivity index (χ1v) is 8.62. The summed E-state index contributed by atoms with van der Waals surface area (Å²) in [7, 11) is 1.68. The van der Waals surface area contributed by atoms with Gasteiger partial charge in [-0.2, -0.15) is 0 Å². The van der Waals surface area contributed by atoms with E-state index in [1.807, 2.05) is 12.1 Å². The Morgan fingerprint density at radius 1 is 1.33 bits per heavy atom. The highest BCUT2D eigenvalue weighted by atomic mass is 16.5. The van der Waals surface area contributed by atoms with E-state index >= 15 is 0 Å². The molecule has 128 valence electrons. The van der Waals surface area contributed by atoms with Crippen molar-refractivity contribution in [1.29, 1.82) is 0 Å². The first-order valence-electron chi connectivity index (χ1n) is 8.62. The predicted octanol–water partition coefficient (Wildman–Crippen LogP) is 3.29. The van der Waals surface area contributed by atoms with E-state index in [2.05, 4.69) is 35.3 Å². The number of rotatable bonds is 7. The van der Waals surface area contributed by atoms with Crippen LogP contribution in [0.2, 0.25) is 0 Å². The summed E-state index contributed by atoms with van der Waals surface area (Å²) in [5.41, 5.74) is 2.73. The highest BCUT2D eigenvalue weighted by Crippen LogP contribution is 2.36. The third-order valence-electron chi connectivity index (χ3n) is 5.09. The SMILES string of the molecule is COc1ccc(CCN2CC(CCC(=O)O)C3=CC=CCC32)cc1. The molecule has 2 atom stereocenters. The highest BCUT2D eigenvalue weighted by molar-refractivity contribution is 5.66. The molecule has 1 heterocycles. The van der Waals surface area contributed by atoms with E-state index in [0.717, 1.165) is 38.1 Å². The first-order chi connectivity index (χ1) is 11.7. The average Bonchev–Trinajstić information content (AvgIpc) is 2.97. The molecule has 1 N–H and O–H groups in total. The molecule has 1 fully saturated rings. The van der Waals surface area contributed by atoms with Gasteiger partial charge in [0, 0.05) is 25.6 Å². The van der Waals surface area contributed by atoms with Crippen LogP contribution in [0.25, 0.3) is 0 Å². The lowest BCUT2D eigenvalue weighted by atomic mass is 9.89. The van der Waals surface area contributed by atoms with Crippen molar-refractivity contribution in [3.8, 4) is 5.75 Å². The van der Waals surface area contributed by atoms with Gasteiger partial charge < -0.3 is 9.84 Å². The number of benzene rings is 1. The van der Waals surface area contributed by atoms with Gasteiger partial charge in [-0.05, 0) is 48.4 Å². The molecule has 0 amide bonds. The fourth-order valence-electron chi connectivity index (χ4n) is 3.79. The van der Waals surface area contributed by atoms with E-state index in [1.54, 1.807) is 7.11 Å². The smallest absolute Gasteiger partial charge is 0.303 e. The second-order valence-corrected chi connectivity index (χ2v) is 6.57. The zero-order chi connectivity index (χ0) is 16.9. The molecule has 1 aromatic rings. The number of carboxylic acid groups (broad SMARTS) is 1. The molecular formula is C20H25NO3. The van der Waals surface area contributed by atoms with Crippen LogP contribution >= 0.6 is 0 Å². The number of hydrogen-bond acceptors (Lipinski definition) is 3. The Kier molecular flexibility index (Phi) is 5.36. The predicted molar refractivity (Wildman–Crippen MR) is 94.3 cm³/mol. The van der Waals surface area contributed by atoms with Crippen LogP contribution in [-0.4, -0.2) is 42.2 Å². The molecule has 0 aromatic heterocycles. The fraction of sp³-hybridized carbons (Fsp3) is 0.450. The van der Waals surface area contributed by atoms with Crippen molar-refractivity contribution in [2.24, 2.45) is 5.92 Å². The molecular weight excluding hydrogens is 302 g/mol. The summed E-state index contributed by atoms with van der Waals surface area (Å²) in [6.45, 7) is 1.98. The number of methoxy groups -OCH3 is 1. The Labute approximate surface area is 143 Å². The van der Waals surface area contributed by atoms with Crippen LogP contribution in [-0.2, 0) is 11.2 Å². The van der Waals surface area contributed by atoms with Gasteiger partial charge in [-0.3, -0.25) is 9.69 Å². The summed E-state index contributed by atoms with van der Waals surface area (Å²) in [4.78, 5) is 13.4. The second kappa shape index (κ2) is 7.67. The number of fused-ring (bicyclic) bond motifs is 1. The molecule has 1 saturated heterocycles. The van der Waals surface area contributed by atoms with Crippen LogP contribution in [0.3, 0.4) is 0 Å². The fourth-order valence-corrected chi connectivity index (χ4v) is 3.79. The number of nitrogens with zero attached hydrogens (tertiary/aromatic N) is 1. The van der Waals surface area contributed by atoms with Crippen LogP contribution < -0.4 is 4.74 Å². The zero-order valence-corrected chi connectivity index (χ0v) is 14.1. The summed E-state index contributed by atoms with van der Waals surface area (Å²) in [5.74, 6) is 0.568. The van der Waals surface area contributed by atoms with Gasteiger partial charge in [0.25, 0.3) is 0 Å². The van der Waals surface area contributed by atoms with E-state index in [4.69, 9.17) is 9.84 Å². The number of allylic oxidation sites excluding steroid dienone is 2. The van der Waals surface area contributed by atoms with Crippen molar-refractivity contribution < 1.29 is 14.6 Å². The van der Waals surface area contributed by atoms with E-state index in [9.17, 15) is 4.79 Å². The number of likely N-dealkylation sites (tertiary alicyclic amines) is 1. The van der Waals surface area contributed by atoms with Crippen LogP contribution in [0.5, 0.6) is 5.75 Å². The van der Waals surface area contributed by atoms with Crippen molar-refractivity contribution >= 4 is 5.97 Å². The van der Waals surface area contributed by atoms with Crippen molar-refractivity contribution in [2.45, 2.75) is 31.7 Å². The topological polar surface area (TPSA) is 49.8 Å². The molecule has 2 unspecified atom stereocenters. The number of hydrogen-bond donors (Lipinski definition) is 1. The third kappa shape index (κ3) is 3.88. The summed E-state index contributed by atoms with van der Waals surface area (Å²) < 4.78 is 5.20. The Bertz CT molecular complexity index is 633. The number of carboxylic acids is 1. The molecule has 0 bridgehead atoms. The van der Waals surface area contributed by atoms with Gasteiger partial charge in [-0.25, -0.2) is 0 Å². The van der Waals surface area contributed by atoms with Gasteiger partial charge in [0.15, 0.2) is 0 Å². The molecule has 24 heavy (non-hydrogen) atoms. The van der Waals surface area contributed by atoms with Crippen LogP contribution in [0.1, 0.15) is 24.8 Å². The number of carbonyl (C=O) groups is 1. The molecule has 3 rings (SSSR count). The maximum atomic E-state index is 10.9. The van der Waals surface area contributed by atoms with Gasteiger partial charge in [-0.1, -0.05) is 30.4 Å². The standard InChI is InChI=1S/C20H25NO3/c1-24-17-9-6-15(7-10-17)12-13-21-14-16(8-11-20(22)23)18-4-2-3-5-19(18)21/h2-4,6-7,9-10,16,19H,5,8,11-14H2,1H3,(H,22,23). The Balaban J connectivity index is 1.61. The summed E-state index contributed by atoms with van der Waals surface area (Å²) >= 11 is 0. The van der Waals surface area contributed by atoms with E-state index < -0.39 is 5.97 Å². The minimum Gasteiger partial charge on any atom is -0.497 e. The lowest BCUT2D eigenvalue weighted by molar-refractivity contribution is -0.137. The van der Waals surface area contributed by atoms with E-state index in [0.29, 0.717) is 12.0 Å². The molecule has 1 aliphatic carbocycles. The molecule has 4 nitrogen and oxygen atoms in total. The maximum Gasteiger partial charge on any atom is 0.303 e. The first kappa shape index (κ1) is 16.8. The Morgan fingerprint density at radius 3 is 2.83 bits per heavy atom. The average molecular weight is 327 g/mol. The minimum absolute atomic E-state index is 0.255. The lowest BCUT2D eigenvalue weighted by Crippen LogP contribution is -2.32. The Hall–Kier alpha value is -2.07. The van der Waals surface area contributed by atoms with Gasteiger partial charge in [0.2, 0.25) is 0 Å². The molecule has 1 aromatic carbocycles. The second-order valence-electron chi connectivity index (χ2n) is 6.57. The molecule has 0 spiro atoms. The number of ether oxygens (including phenoxy) is 1. The maximum absolute atomic E-state index is 10.9. The Morgan fingerprint density at radius 2 is 2.12 bits per heavy atom. The molecule has 0 radical (unpaired) electrons. The summed E-state index contributed by atoms with van der Waals surface area (Å²) in [6.07, 6.45) is 9.57. The highest BCUT2D eigenvalue weighted by Gasteiger charge is 2.36. The molecule has 0 saturated carbocycles. The molecule has 4 heteroatoms. The van der Waals surface area contributed by atoms with Gasteiger partial charge in [0.1, 0.15) is 5.75 Å². The zero-order valence-electron chi connectivity index (χ0n) is 14.1. The third-order valence-corrected chi connectivity index (χ3v) is 5.09. The molecule has 2 aliphatic rings. The van der Waals surface area contributed by atoms with Crippen molar-refractivity contribution in [2.75, 3.05) is 20.2 Å². The van der Waals surface area contributed by atoms with E-state index in [-0.39, 0.29) is 6.42 Å². The van der Waals surface area contributed by atoms with E-state index in [1.165, 1.54) is 11.1 Å². The minimum atomic E-state index is -0.699. The van der Waals surface area contributed by atoms with Crippen molar-refractivity contribution in [1.82, 2.24) is 4.90 Å². The number of aliphatic carboxylic acids is 1.